The lowest BCUT2D eigenvalue weighted by molar-refractivity contribution is -0.122. The molecule has 0 unspecified atom stereocenters. The SMILES string of the molecule is CCCN1C(=O)N/C(=C/c2cc3c(cc2Cl)OCO3)C1=O. The minimum absolute atomic E-state index is 0.144. The van der Waals surface area contributed by atoms with E-state index >= 15 is 0 Å². The second kappa shape index (κ2) is 5.29. The largest absolute Gasteiger partial charge is 0.454 e. The Kier molecular flexibility index (Phi) is 3.47. The summed E-state index contributed by atoms with van der Waals surface area (Å²) < 4.78 is 10.5. The Balaban J connectivity index is 1.92. The van der Waals surface area contributed by atoms with E-state index in [0.717, 1.165) is 0 Å². The first kappa shape index (κ1) is 13.8. The molecule has 1 fully saturated rings. The Labute approximate surface area is 126 Å². The highest BCUT2D eigenvalue weighted by Gasteiger charge is 2.32. The van der Waals surface area contributed by atoms with Gasteiger partial charge in [0.05, 0.1) is 5.02 Å². The van der Waals surface area contributed by atoms with E-state index in [1.807, 2.05) is 6.92 Å². The molecule has 0 spiro atoms. The Morgan fingerprint density at radius 2 is 2.05 bits per heavy atom. The molecule has 0 radical (unpaired) electrons. The zero-order chi connectivity index (χ0) is 15.0. The molecule has 1 N–H and O–H groups in total. The first-order chi connectivity index (χ1) is 10.1. The van der Waals surface area contributed by atoms with Gasteiger partial charge in [-0.25, -0.2) is 4.79 Å². The molecular formula is C14H13ClN2O4. The van der Waals surface area contributed by atoms with Crippen LogP contribution in [0, 0.1) is 0 Å². The van der Waals surface area contributed by atoms with E-state index in [4.69, 9.17) is 21.1 Å². The molecule has 21 heavy (non-hydrogen) atoms. The maximum atomic E-state index is 12.1. The van der Waals surface area contributed by atoms with Crippen molar-refractivity contribution in [1.29, 1.82) is 0 Å². The summed E-state index contributed by atoms with van der Waals surface area (Å²) in [6.07, 6.45) is 2.25. The molecular weight excluding hydrogens is 296 g/mol. The number of amides is 3. The van der Waals surface area contributed by atoms with Crippen LogP contribution in [0.2, 0.25) is 5.02 Å². The highest BCUT2D eigenvalue weighted by Crippen LogP contribution is 2.37. The molecule has 0 aromatic heterocycles. The maximum Gasteiger partial charge on any atom is 0.329 e. The summed E-state index contributed by atoms with van der Waals surface area (Å²) in [6, 6.07) is 2.89. The second-order valence-corrected chi connectivity index (χ2v) is 5.08. The van der Waals surface area contributed by atoms with Gasteiger partial charge in [0.2, 0.25) is 6.79 Å². The van der Waals surface area contributed by atoms with Gasteiger partial charge in [0, 0.05) is 12.6 Å². The lowest BCUT2D eigenvalue weighted by Gasteiger charge is -2.08. The molecule has 2 aliphatic rings. The maximum absolute atomic E-state index is 12.1. The monoisotopic (exact) mass is 308 g/mol. The van der Waals surface area contributed by atoms with Gasteiger partial charge < -0.3 is 14.8 Å². The van der Waals surface area contributed by atoms with Gasteiger partial charge in [0.15, 0.2) is 11.5 Å². The normalized spacial score (nSPS) is 18.6. The molecule has 2 aliphatic heterocycles. The number of benzene rings is 1. The van der Waals surface area contributed by atoms with Gasteiger partial charge in [-0.15, -0.1) is 0 Å². The van der Waals surface area contributed by atoms with Crippen LogP contribution < -0.4 is 14.8 Å². The third-order valence-corrected chi connectivity index (χ3v) is 3.53. The standard InChI is InChI=1S/C14H13ClN2O4/c1-2-3-17-13(18)10(16-14(17)19)4-8-5-11-12(6-9(8)15)21-7-20-11/h4-6H,2-3,7H2,1H3,(H,16,19)/b10-4+. The third-order valence-electron chi connectivity index (χ3n) is 3.20. The van der Waals surface area contributed by atoms with Crippen molar-refractivity contribution in [2.45, 2.75) is 13.3 Å². The average Bonchev–Trinajstić information content (AvgIpc) is 2.99. The molecule has 0 bridgehead atoms. The first-order valence-electron chi connectivity index (χ1n) is 6.54. The Morgan fingerprint density at radius 3 is 2.76 bits per heavy atom. The van der Waals surface area contributed by atoms with Crippen LogP contribution in [0.3, 0.4) is 0 Å². The second-order valence-electron chi connectivity index (χ2n) is 4.67. The molecule has 1 aromatic carbocycles. The fourth-order valence-electron chi connectivity index (χ4n) is 2.20. The number of carbonyl (C=O) groups is 2. The van der Waals surface area contributed by atoms with Gasteiger partial charge in [-0.1, -0.05) is 18.5 Å². The summed E-state index contributed by atoms with van der Waals surface area (Å²) >= 11 is 6.15. The predicted octanol–water partition coefficient (Wildman–Crippen LogP) is 2.37. The molecule has 6 nitrogen and oxygen atoms in total. The zero-order valence-corrected chi connectivity index (χ0v) is 12.1. The molecule has 2 heterocycles. The number of urea groups is 1. The van der Waals surface area contributed by atoms with Crippen molar-refractivity contribution < 1.29 is 19.1 Å². The number of fused-ring (bicyclic) bond motifs is 1. The highest BCUT2D eigenvalue weighted by molar-refractivity contribution is 6.32. The van der Waals surface area contributed by atoms with Gasteiger partial charge in [0.1, 0.15) is 5.70 Å². The fraction of sp³-hybridized carbons (Fsp3) is 0.286. The van der Waals surface area contributed by atoms with Crippen LogP contribution in [0.4, 0.5) is 4.79 Å². The van der Waals surface area contributed by atoms with Crippen LogP contribution in [0.15, 0.2) is 17.8 Å². The number of nitrogens with zero attached hydrogens (tertiary/aromatic N) is 1. The van der Waals surface area contributed by atoms with Crippen molar-refractivity contribution in [3.05, 3.63) is 28.4 Å². The lowest BCUT2D eigenvalue weighted by Crippen LogP contribution is -2.31. The van der Waals surface area contributed by atoms with E-state index in [1.54, 1.807) is 18.2 Å². The molecule has 0 atom stereocenters. The zero-order valence-electron chi connectivity index (χ0n) is 11.3. The molecule has 0 saturated carbocycles. The van der Waals surface area contributed by atoms with E-state index in [1.165, 1.54) is 4.90 Å². The minimum Gasteiger partial charge on any atom is -0.454 e. The van der Waals surface area contributed by atoms with Crippen molar-refractivity contribution in [1.82, 2.24) is 10.2 Å². The predicted molar refractivity (Wildman–Crippen MR) is 76.1 cm³/mol. The molecule has 7 heteroatoms. The molecule has 110 valence electrons. The Bertz CT molecular complexity index is 657. The van der Waals surface area contributed by atoms with Crippen molar-refractivity contribution in [2.75, 3.05) is 13.3 Å². The Hall–Kier alpha value is -2.21. The molecule has 3 rings (SSSR count). The molecule has 0 aliphatic carbocycles. The van der Waals surface area contributed by atoms with E-state index < -0.39 is 6.03 Å². The van der Waals surface area contributed by atoms with Crippen LogP contribution in [0.25, 0.3) is 6.08 Å². The number of hydrogen-bond donors (Lipinski definition) is 1. The topological polar surface area (TPSA) is 67.9 Å². The number of rotatable bonds is 3. The van der Waals surface area contributed by atoms with Crippen LogP contribution in [-0.2, 0) is 4.79 Å². The van der Waals surface area contributed by atoms with Crippen molar-refractivity contribution in [2.24, 2.45) is 0 Å². The Morgan fingerprint density at radius 1 is 1.33 bits per heavy atom. The minimum atomic E-state index is -0.412. The van der Waals surface area contributed by atoms with Crippen molar-refractivity contribution in [3.8, 4) is 11.5 Å². The molecule has 1 saturated heterocycles. The lowest BCUT2D eigenvalue weighted by atomic mass is 10.1. The summed E-state index contributed by atoms with van der Waals surface area (Å²) in [5.41, 5.74) is 0.789. The van der Waals surface area contributed by atoms with Gasteiger partial charge in [-0.2, -0.15) is 0 Å². The fourth-order valence-corrected chi connectivity index (χ4v) is 2.41. The number of halogens is 1. The average molecular weight is 309 g/mol. The van der Waals surface area contributed by atoms with Gasteiger partial charge in [-0.05, 0) is 24.1 Å². The van der Waals surface area contributed by atoms with E-state index in [2.05, 4.69) is 5.32 Å². The summed E-state index contributed by atoms with van der Waals surface area (Å²) in [6.45, 7) is 2.43. The number of hydrogen-bond acceptors (Lipinski definition) is 4. The van der Waals surface area contributed by atoms with Crippen LogP contribution >= 0.6 is 11.6 Å². The van der Waals surface area contributed by atoms with E-state index in [-0.39, 0.29) is 18.4 Å². The molecule has 3 amide bonds. The number of carbonyl (C=O) groups excluding carboxylic acids is 2. The number of nitrogens with one attached hydrogen (secondary N) is 1. The van der Waals surface area contributed by atoms with Gasteiger partial charge >= 0.3 is 6.03 Å². The third kappa shape index (κ3) is 2.42. The van der Waals surface area contributed by atoms with Crippen molar-refractivity contribution in [3.63, 3.8) is 0 Å². The van der Waals surface area contributed by atoms with Crippen molar-refractivity contribution >= 4 is 29.6 Å². The summed E-state index contributed by atoms with van der Waals surface area (Å²) in [5.74, 6) is 0.778. The van der Waals surface area contributed by atoms with Gasteiger partial charge in [0.25, 0.3) is 5.91 Å². The quantitative estimate of drug-likeness (QED) is 0.687. The van der Waals surface area contributed by atoms with Gasteiger partial charge in [-0.3, -0.25) is 9.69 Å². The van der Waals surface area contributed by atoms with Crippen LogP contribution in [0.1, 0.15) is 18.9 Å². The smallest absolute Gasteiger partial charge is 0.329 e. The molecule has 1 aromatic rings. The summed E-state index contributed by atoms with van der Waals surface area (Å²) in [4.78, 5) is 25.0. The van der Waals surface area contributed by atoms with Crippen LogP contribution in [-0.4, -0.2) is 30.2 Å². The van der Waals surface area contributed by atoms with Crippen LogP contribution in [0.5, 0.6) is 11.5 Å². The first-order valence-corrected chi connectivity index (χ1v) is 6.91. The number of ether oxygens (including phenoxy) is 2. The van der Waals surface area contributed by atoms with E-state index in [9.17, 15) is 9.59 Å². The highest BCUT2D eigenvalue weighted by atomic mass is 35.5. The van der Waals surface area contributed by atoms with E-state index in [0.29, 0.717) is 35.1 Å². The summed E-state index contributed by atoms with van der Waals surface area (Å²) in [7, 11) is 0. The summed E-state index contributed by atoms with van der Waals surface area (Å²) in [5, 5.41) is 2.97. The number of imide groups is 1.